The molecule has 0 saturated carbocycles. The van der Waals surface area contributed by atoms with Crippen molar-refractivity contribution >= 4 is 33.1 Å². The molecule has 3 aromatic rings. The van der Waals surface area contributed by atoms with Crippen LogP contribution < -0.4 is 26.0 Å². The van der Waals surface area contributed by atoms with Crippen LogP contribution in [0.3, 0.4) is 0 Å². The maximum Gasteiger partial charge on any atom is 0.331 e. The highest BCUT2D eigenvalue weighted by molar-refractivity contribution is 7.20. The van der Waals surface area contributed by atoms with Crippen LogP contribution in [0.5, 0.6) is 11.5 Å². The van der Waals surface area contributed by atoms with Crippen molar-refractivity contribution in [2.24, 2.45) is 14.1 Å². The van der Waals surface area contributed by atoms with Gasteiger partial charge in [0.15, 0.2) is 11.5 Å². The molecule has 0 saturated heterocycles. The molecule has 1 aliphatic heterocycles. The lowest BCUT2D eigenvalue weighted by Gasteiger charge is -2.18. The van der Waals surface area contributed by atoms with E-state index in [1.165, 1.54) is 17.7 Å². The van der Waals surface area contributed by atoms with E-state index in [2.05, 4.69) is 5.32 Å². The number of thiophene rings is 1. The largest absolute Gasteiger partial charge is 0.486 e. The fraction of sp³-hybridized carbons (Fsp3) is 0.235. The van der Waals surface area contributed by atoms with Crippen molar-refractivity contribution in [2.45, 2.75) is 0 Å². The molecule has 0 spiro atoms. The monoisotopic (exact) mass is 373 g/mol. The number of carbonyl (C=O) groups excluding carboxylic acids is 1. The molecule has 26 heavy (non-hydrogen) atoms. The summed E-state index contributed by atoms with van der Waals surface area (Å²) >= 11 is 1.10. The second-order valence-corrected chi connectivity index (χ2v) is 6.88. The summed E-state index contributed by atoms with van der Waals surface area (Å²) in [6.07, 6.45) is 0. The summed E-state index contributed by atoms with van der Waals surface area (Å²) in [5, 5.41) is 3.12. The fourth-order valence-corrected chi connectivity index (χ4v) is 3.79. The Kier molecular flexibility index (Phi) is 3.80. The van der Waals surface area contributed by atoms with Crippen molar-refractivity contribution in [3.05, 3.63) is 50.0 Å². The number of aryl methyl sites for hydroxylation is 1. The summed E-state index contributed by atoms with van der Waals surface area (Å²) in [6, 6.07) is 6.64. The first-order chi connectivity index (χ1) is 12.5. The van der Waals surface area contributed by atoms with Crippen LogP contribution in [0.4, 0.5) is 5.69 Å². The van der Waals surface area contributed by atoms with E-state index < -0.39 is 11.2 Å². The van der Waals surface area contributed by atoms with Crippen molar-refractivity contribution < 1.29 is 14.3 Å². The minimum atomic E-state index is -0.428. The molecule has 0 aliphatic carbocycles. The van der Waals surface area contributed by atoms with Gasteiger partial charge >= 0.3 is 5.69 Å². The molecule has 8 nitrogen and oxygen atoms in total. The minimum Gasteiger partial charge on any atom is -0.486 e. The van der Waals surface area contributed by atoms with E-state index in [-0.39, 0.29) is 5.91 Å². The van der Waals surface area contributed by atoms with E-state index in [9.17, 15) is 14.4 Å². The highest BCUT2D eigenvalue weighted by Gasteiger charge is 2.18. The molecule has 9 heteroatoms. The van der Waals surface area contributed by atoms with E-state index in [4.69, 9.17) is 9.47 Å². The Morgan fingerprint density at radius 3 is 2.58 bits per heavy atom. The number of hydrogen-bond donors (Lipinski definition) is 1. The van der Waals surface area contributed by atoms with Gasteiger partial charge in [0.25, 0.3) is 11.5 Å². The smallest absolute Gasteiger partial charge is 0.331 e. The molecule has 4 rings (SSSR count). The van der Waals surface area contributed by atoms with Gasteiger partial charge in [0.2, 0.25) is 0 Å². The second-order valence-electron chi connectivity index (χ2n) is 5.85. The Bertz CT molecular complexity index is 1160. The van der Waals surface area contributed by atoms with E-state index in [0.717, 1.165) is 15.9 Å². The maximum absolute atomic E-state index is 12.6. The van der Waals surface area contributed by atoms with Crippen molar-refractivity contribution in [2.75, 3.05) is 18.5 Å². The zero-order valence-corrected chi connectivity index (χ0v) is 14.9. The molecule has 1 N–H and O–H groups in total. The lowest BCUT2D eigenvalue weighted by Crippen LogP contribution is -2.36. The normalized spacial score (nSPS) is 13.0. The van der Waals surface area contributed by atoms with E-state index in [1.807, 2.05) is 0 Å². The molecular weight excluding hydrogens is 358 g/mol. The fourth-order valence-electron chi connectivity index (χ4n) is 2.79. The van der Waals surface area contributed by atoms with Crippen LogP contribution in [0, 0.1) is 0 Å². The van der Waals surface area contributed by atoms with Gasteiger partial charge in [-0.2, -0.15) is 0 Å². The summed E-state index contributed by atoms with van der Waals surface area (Å²) in [6.45, 7) is 0.951. The number of nitrogens with zero attached hydrogens (tertiary/aromatic N) is 2. The van der Waals surface area contributed by atoms with Crippen LogP contribution in [0.2, 0.25) is 0 Å². The average Bonchev–Trinajstić information content (AvgIpc) is 3.10. The third-order valence-electron chi connectivity index (χ3n) is 4.15. The number of fused-ring (bicyclic) bond motifs is 2. The van der Waals surface area contributed by atoms with Crippen LogP contribution >= 0.6 is 11.3 Å². The molecule has 0 radical (unpaired) electrons. The molecule has 1 amide bonds. The Hall–Kier alpha value is -3.07. The lowest BCUT2D eigenvalue weighted by atomic mass is 10.2. The quantitative estimate of drug-likeness (QED) is 0.732. The van der Waals surface area contributed by atoms with Gasteiger partial charge in [0, 0.05) is 25.8 Å². The molecular formula is C17H15N3O5S. The number of nitrogens with one attached hydrogen (secondary N) is 1. The van der Waals surface area contributed by atoms with Crippen molar-refractivity contribution in [1.29, 1.82) is 0 Å². The number of anilines is 1. The van der Waals surface area contributed by atoms with Crippen molar-refractivity contribution in [3.63, 3.8) is 0 Å². The summed E-state index contributed by atoms with van der Waals surface area (Å²) in [5.41, 5.74) is -0.292. The Morgan fingerprint density at radius 2 is 1.81 bits per heavy atom. The van der Waals surface area contributed by atoms with Crippen LogP contribution in [-0.4, -0.2) is 28.3 Å². The third kappa shape index (κ3) is 2.57. The van der Waals surface area contributed by atoms with Gasteiger partial charge in [-0.25, -0.2) is 4.79 Å². The Balaban J connectivity index is 1.69. The second kappa shape index (κ2) is 6.03. The first-order valence-corrected chi connectivity index (χ1v) is 8.68. The minimum absolute atomic E-state index is 0.340. The summed E-state index contributed by atoms with van der Waals surface area (Å²) in [5.74, 6) is 0.841. The van der Waals surface area contributed by atoms with E-state index >= 15 is 0 Å². The highest BCUT2D eigenvalue weighted by atomic mass is 32.1. The first kappa shape index (κ1) is 16.4. The SMILES string of the molecule is Cn1c(=O)c2cc(C(=O)Nc3ccc4c(c3)OCCO4)sc2n(C)c1=O. The Morgan fingerprint density at radius 1 is 1.08 bits per heavy atom. The molecule has 0 atom stereocenters. The van der Waals surface area contributed by atoms with Gasteiger partial charge in [-0.05, 0) is 18.2 Å². The number of rotatable bonds is 2. The van der Waals surface area contributed by atoms with E-state index in [1.54, 1.807) is 25.2 Å². The van der Waals surface area contributed by atoms with Crippen molar-refractivity contribution in [1.82, 2.24) is 9.13 Å². The van der Waals surface area contributed by atoms with Gasteiger partial charge in [-0.3, -0.25) is 18.7 Å². The summed E-state index contributed by atoms with van der Waals surface area (Å²) < 4.78 is 13.3. The molecule has 2 aromatic heterocycles. The number of hydrogen-bond acceptors (Lipinski definition) is 6. The van der Waals surface area contributed by atoms with Crippen LogP contribution in [0.1, 0.15) is 9.67 Å². The van der Waals surface area contributed by atoms with Gasteiger partial charge in [-0.15, -0.1) is 11.3 Å². The molecule has 0 unspecified atom stereocenters. The first-order valence-electron chi connectivity index (χ1n) is 7.86. The van der Waals surface area contributed by atoms with Crippen LogP contribution in [0.25, 0.3) is 10.2 Å². The molecule has 134 valence electrons. The van der Waals surface area contributed by atoms with Crippen LogP contribution in [-0.2, 0) is 14.1 Å². The number of amides is 1. The maximum atomic E-state index is 12.6. The zero-order chi connectivity index (χ0) is 18.4. The number of benzene rings is 1. The number of aromatic nitrogens is 2. The standard InChI is InChI=1S/C17H15N3O5S/c1-19-15(22)10-8-13(26-16(10)20(2)17(19)23)14(21)18-9-3-4-11-12(7-9)25-6-5-24-11/h3-4,7-8H,5-6H2,1-2H3,(H,18,21). The van der Waals surface area contributed by atoms with Crippen molar-refractivity contribution in [3.8, 4) is 11.5 Å². The lowest BCUT2D eigenvalue weighted by molar-refractivity contribution is 0.103. The average molecular weight is 373 g/mol. The molecule has 0 fully saturated rings. The van der Waals surface area contributed by atoms with Gasteiger partial charge in [-0.1, -0.05) is 0 Å². The van der Waals surface area contributed by atoms with E-state index in [0.29, 0.717) is 45.5 Å². The summed E-state index contributed by atoms with van der Waals surface area (Å²) in [7, 11) is 2.99. The summed E-state index contributed by atoms with van der Waals surface area (Å²) in [4.78, 5) is 37.6. The molecule has 1 aliphatic rings. The molecule has 3 heterocycles. The number of carbonyl (C=O) groups is 1. The predicted octanol–water partition coefficient (Wildman–Crippen LogP) is 1.32. The van der Waals surface area contributed by atoms with Gasteiger partial charge in [0.1, 0.15) is 18.0 Å². The highest BCUT2D eigenvalue weighted by Crippen LogP contribution is 2.33. The van der Waals surface area contributed by atoms with Gasteiger partial charge in [0.05, 0.1) is 10.3 Å². The number of ether oxygens (including phenoxy) is 2. The topological polar surface area (TPSA) is 91.6 Å². The molecule has 0 bridgehead atoms. The predicted molar refractivity (Wildman–Crippen MR) is 97.7 cm³/mol. The zero-order valence-electron chi connectivity index (χ0n) is 14.1. The Labute approximate surface area is 151 Å². The molecule has 1 aromatic carbocycles. The third-order valence-corrected chi connectivity index (χ3v) is 5.36. The van der Waals surface area contributed by atoms with Crippen LogP contribution in [0.15, 0.2) is 33.9 Å². The van der Waals surface area contributed by atoms with Gasteiger partial charge < -0.3 is 14.8 Å².